The Balaban J connectivity index is 1.47. The van der Waals surface area contributed by atoms with Gasteiger partial charge >= 0.3 is 0 Å². The molecule has 4 rings (SSSR count). The van der Waals surface area contributed by atoms with Crippen molar-refractivity contribution in [2.24, 2.45) is 5.92 Å². The van der Waals surface area contributed by atoms with Gasteiger partial charge in [0, 0.05) is 29.8 Å². The number of benzene rings is 1. The van der Waals surface area contributed by atoms with Gasteiger partial charge in [-0.3, -0.25) is 4.79 Å². The molecule has 1 aliphatic rings. The fourth-order valence-corrected chi connectivity index (χ4v) is 5.69. The number of pyridine rings is 2. The minimum Gasteiger partial charge on any atom is -0.370 e. The summed E-state index contributed by atoms with van der Waals surface area (Å²) in [5.74, 6) is 0.566. The van der Waals surface area contributed by atoms with E-state index in [2.05, 4.69) is 45.7 Å². The number of carbonyl (C=O) groups excluding carboxylic acids is 1. The normalized spacial score (nSPS) is 17.1. The van der Waals surface area contributed by atoms with E-state index in [9.17, 15) is 13.2 Å². The summed E-state index contributed by atoms with van der Waals surface area (Å²) >= 11 is 5.92. The highest BCUT2D eigenvalue weighted by Gasteiger charge is 2.39. The number of hydrogen-bond donors (Lipinski definition) is 2. The molecule has 2 N–H and O–H groups in total. The number of rotatable bonds is 8. The van der Waals surface area contributed by atoms with E-state index in [4.69, 9.17) is 11.6 Å². The van der Waals surface area contributed by atoms with Gasteiger partial charge in [-0.05, 0) is 74.6 Å². The van der Waals surface area contributed by atoms with Gasteiger partial charge in [-0.25, -0.2) is 14.7 Å². The van der Waals surface area contributed by atoms with Crippen molar-refractivity contribution in [1.82, 2.24) is 14.7 Å². The molecule has 190 valence electrons. The highest BCUT2D eigenvalue weighted by atomic mass is 35.5. The zero-order chi connectivity index (χ0) is 25.9. The van der Waals surface area contributed by atoms with E-state index in [-0.39, 0.29) is 16.1 Å². The third kappa shape index (κ3) is 5.96. The second-order valence-corrected chi connectivity index (χ2v) is 11.8. The molecule has 0 aliphatic carbocycles. The smallest absolute Gasteiger partial charge is 0.281 e. The van der Waals surface area contributed by atoms with Gasteiger partial charge in [0.15, 0.2) is 5.03 Å². The van der Waals surface area contributed by atoms with Crippen molar-refractivity contribution in [2.75, 3.05) is 23.3 Å². The lowest BCUT2D eigenvalue weighted by molar-refractivity contribution is 0.0981. The molecule has 10 heteroatoms. The number of halogens is 1. The summed E-state index contributed by atoms with van der Waals surface area (Å²) in [5.41, 5.74) is 1.10. The maximum Gasteiger partial charge on any atom is 0.281 e. The number of amides is 1. The molecular formula is C26H30ClN5O3S. The Kier molecular flexibility index (Phi) is 7.51. The topological polar surface area (TPSA) is 104 Å². The quantitative estimate of drug-likeness (QED) is 0.443. The molecule has 1 aromatic carbocycles. The van der Waals surface area contributed by atoms with E-state index in [0.717, 1.165) is 18.5 Å². The van der Waals surface area contributed by atoms with Gasteiger partial charge in [0.2, 0.25) is 0 Å². The van der Waals surface area contributed by atoms with E-state index in [1.807, 2.05) is 24.3 Å². The molecular weight excluding hydrogens is 498 g/mol. The lowest BCUT2D eigenvalue weighted by Crippen LogP contribution is -2.41. The largest absolute Gasteiger partial charge is 0.370 e. The molecule has 3 heterocycles. The summed E-state index contributed by atoms with van der Waals surface area (Å²) in [4.78, 5) is 23.8. The monoisotopic (exact) mass is 527 g/mol. The van der Waals surface area contributed by atoms with Crippen LogP contribution in [0.1, 0.15) is 43.1 Å². The molecule has 36 heavy (non-hydrogen) atoms. The molecule has 0 bridgehead atoms. The maximum absolute atomic E-state index is 13.1. The Bertz CT molecular complexity index is 1350. The Morgan fingerprint density at radius 3 is 2.58 bits per heavy atom. The Labute approximate surface area is 217 Å². The van der Waals surface area contributed by atoms with Crippen LogP contribution < -0.4 is 14.9 Å². The Morgan fingerprint density at radius 1 is 1.14 bits per heavy atom. The van der Waals surface area contributed by atoms with Gasteiger partial charge in [-0.1, -0.05) is 36.7 Å². The van der Waals surface area contributed by atoms with Crippen LogP contribution >= 0.6 is 11.6 Å². The number of nitrogens with one attached hydrogen (secondary N) is 2. The second kappa shape index (κ2) is 10.4. The Hall–Kier alpha value is -3.17. The molecule has 1 amide bonds. The third-order valence-electron chi connectivity index (χ3n) is 6.22. The zero-order valence-electron chi connectivity index (χ0n) is 20.5. The standard InChI is InChI=1S/C26H30ClN5O3S/c1-18-16-26(2,3)32(17-18)24-21(6-5-14-29-24)25(33)31-36(34,35)23-8-4-7-22(30-23)28-15-13-19-9-11-20(27)12-10-19/h4-12,14,18H,13,15-17H2,1-3H3,(H,28,30)(H,31,33). The van der Waals surface area contributed by atoms with Gasteiger partial charge in [0.05, 0.1) is 5.56 Å². The van der Waals surface area contributed by atoms with Crippen LogP contribution in [0, 0.1) is 5.92 Å². The van der Waals surface area contributed by atoms with Crippen molar-refractivity contribution in [3.05, 3.63) is 76.9 Å². The fourth-order valence-electron chi connectivity index (χ4n) is 4.63. The van der Waals surface area contributed by atoms with Crippen molar-refractivity contribution in [3.63, 3.8) is 0 Å². The molecule has 2 aromatic heterocycles. The van der Waals surface area contributed by atoms with E-state index >= 15 is 0 Å². The first-order chi connectivity index (χ1) is 17.0. The second-order valence-electron chi connectivity index (χ2n) is 9.71. The van der Waals surface area contributed by atoms with Crippen molar-refractivity contribution in [3.8, 4) is 0 Å². The third-order valence-corrected chi connectivity index (χ3v) is 7.70. The van der Waals surface area contributed by atoms with Gasteiger partial charge < -0.3 is 10.2 Å². The van der Waals surface area contributed by atoms with Crippen LogP contribution in [0.3, 0.4) is 0 Å². The first-order valence-corrected chi connectivity index (χ1v) is 13.7. The minimum atomic E-state index is -4.20. The van der Waals surface area contributed by atoms with Crippen LogP contribution in [0.15, 0.2) is 65.8 Å². The summed E-state index contributed by atoms with van der Waals surface area (Å²) in [6.07, 6.45) is 3.27. The zero-order valence-corrected chi connectivity index (χ0v) is 22.1. The summed E-state index contributed by atoms with van der Waals surface area (Å²) in [7, 11) is -4.20. The van der Waals surface area contributed by atoms with E-state index in [1.54, 1.807) is 30.5 Å². The summed E-state index contributed by atoms with van der Waals surface area (Å²) in [5, 5.41) is 3.56. The van der Waals surface area contributed by atoms with Crippen molar-refractivity contribution < 1.29 is 13.2 Å². The van der Waals surface area contributed by atoms with Gasteiger partial charge in [0.25, 0.3) is 15.9 Å². The lowest BCUT2D eigenvalue weighted by atomic mass is 9.97. The summed E-state index contributed by atoms with van der Waals surface area (Å²) < 4.78 is 28.2. The van der Waals surface area contributed by atoms with Crippen LogP contribution in [0.2, 0.25) is 5.02 Å². The van der Waals surface area contributed by atoms with Crippen molar-refractivity contribution in [2.45, 2.75) is 44.2 Å². The van der Waals surface area contributed by atoms with Crippen molar-refractivity contribution >= 4 is 39.2 Å². The molecule has 1 aliphatic heterocycles. The highest BCUT2D eigenvalue weighted by molar-refractivity contribution is 7.90. The van der Waals surface area contributed by atoms with Crippen LogP contribution in [-0.4, -0.2) is 42.9 Å². The molecule has 0 saturated carbocycles. The molecule has 8 nitrogen and oxygen atoms in total. The first kappa shape index (κ1) is 25.9. The van der Waals surface area contributed by atoms with Crippen LogP contribution in [0.25, 0.3) is 0 Å². The molecule has 0 radical (unpaired) electrons. The van der Waals surface area contributed by atoms with Crippen molar-refractivity contribution in [1.29, 1.82) is 0 Å². The highest BCUT2D eigenvalue weighted by Crippen LogP contribution is 2.37. The number of anilines is 2. The summed E-state index contributed by atoms with van der Waals surface area (Å²) in [6.45, 7) is 7.63. The molecule has 1 unspecified atom stereocenters. The molecule has 1 atom stereocenters. The molecule has 3 aromatic rings. The maximum atomic E-state index is 13.1. The fraction of sp³-hybridized carbons (Fsp3) is 0.346. The first-order valence-electron chi connectivity index (χ1n) is 11.8. The minimum absolute atomic E-state index is 0.199. The number of aromatic nitrogens is 2. The van der Waals surface area contributed by atoms with Crippen LogP contribution in [-0.2, 0) is 16.4 Å². The summed E-state index contributed by atoms with van der Waals surface area (Å²) in [6, 6.07) is 15.4. The van der Waals surface area contributed by atoms with E-state index in [0.29, 0.717) is 35.5 Å². The van der Waals surface area contributed by atoms with Crippen LogP contribution in [0.5, 0.6) is 0 Å². The van der Waals surface area contributed by atoms with Crippen LogP contribution in [0.4, 0.5) is 11.6 Å². The number of hydrogen-bond acceptors (Lipinski definition) is 7. The number of nitrogens with zero attached hydrogens (tertiary/aromatic N) is 3. The number of sulfonamides is 1. The van der Waals surface area contributed by atoms with Gasteiger partial charge in [-0.2, -0.15) is 8.42 Å². The predicted molar refractivity (Wildman–Crippen MR) is 142 cm³/mol. The number of carbonyl (C=O) groups is 1. The average molecular weight is 528 g/mol. The molecule has 0 spiro atoms. The Morgan fingerprint density at radius 2 is 1.89 bits per heavy atom. The van der Waals surface area contributed by atoms with Gasteiger partial charge in [0.1, 0.15) is 11.6 Å². The SMILES string of the molecule is CC1CN(c2ncccc2C(=O)NS(=O)(=O)c2cccc(NCCc3ccc(Cl)cc3)n2)C(C)(C)C1. The lowest BCUT2D eigenvalue weighted by Gasteiger charge is -2.33. The van der Waals surface area contributed by atoms with E-state index < -0.39 is 15.9 Å². The molecule has 1 saturated heterocycles. The predicted octanol–water partition coefficient (Wildman–Crippen LogP) is 4.53. The molecule has 1 fully saturated rings. The van der Waals surface area contributed by atoms with E-state index in [1.165, 1.54) is 6.07 Å². The average Bonchev–Trinajstić information content (AvgIpc) is 3.12. The van der Waals surface area contributed by atoms with Gasteiger partial charge in [-0.15, -0.1) is 0 Å².